The van der Waals surface area contributed by atoms with Crippen molar-refractivity contribution in [1.82, 2.24) is 5.32 Å². The third-order valence-corrected chi connectivity index (χ3v) is 6.88. The Balaban J connectivity index is 1.48. The first-order valence-electron chi connectivity index (χ1n) is 12.4. The lowest BCUT2D eigenvalue weighted by Crippen LogP contribution is -2.22. The molecule has 0 aliphatic heterocycles. The zero-order chi connectivity index (χ0) is 22.8. The van der Waals surface area contributed by atoms with Crippen molar-refractivity contribution in [3.05, 3.63) is 83.2 Å². The van der Waals surface area contributed by atoms with E-state index in [1.165, 1.54) is 42.9 Å². The van der Waals surface area contributed by atoms with Gasteiger partial charge in [-0.25, -0.2) is 4.39 Å². The fraction of sp³-hybridized carbons (Fsp3) is 0.483. The number of nitrogens with one attached hydrogen (secondary N) is 1. The van der Waals surface area contributed by atoms with E-state index in [0.29, 0.717) is 18.4 Å². The van der Waals surface area contributed by atoms with E-state index < -0.39 is 0 Å². The summed E-state index contributed by atoms with van der Waals surface area (Å²) in [7, 11) is 0. The van der Waals surface area contributed by atoms with Gasteiger partial charge >= 0.3 is 0 Å². The van der Waals surface area contributed by atoms with Crippen molar-refractivity contribution in [2.45, 2.75) is 83.0 Å². The summed E-state index contributed by atoms with van der Waals surface area (Å²) in [6, 6.07) is 15.0. The molecule has 0 saturated heterocycles. The molecule has 0 heterocycles. The first-order valence-corrected chi connectivity index (χ1v) is 12.4. The van der Waals surface area contributed by atoms with Crippen molar-refractivity contribution in [2.75, 3.05) is 6.54 Å². The van der Waals surface area contributed by atoms with Crippen LogP contribution in [0.25, 0.3) is 0 Å². The molecule has 1 N–H and O–H groups in total. The number of amides is 1. The molecule has 0 spiro atoms. The summed E-state index contributed by atoms with van der Waals surface area (Å²) in [6.45, 7) is 6.26. The molecule has 0 aromatic heterocycles. The van der Waals surface area contributed by atoms with Gasteiger partial charge in [0.05, 0.1) is 0 Å². The van der Waals surface area contributed by atoms with Crippen molar-refractivity contribution in [1.29, 1.82) is 0 Å². The molecule has 32 heavy (non-hydrogen) atoms. The SMILES string of the molecule is C=CC(=O)NCCCc1ccc(C2CCC(c3ccc(CCCCC)cc3)CC2)c(F)c1. The van der Waals surface area contributed by atoms with Crippen molar-refractivity contribution in [3.63, 3.8) is 0 Å². The normalized spacial score (nSPS) is 18.3. The van der Waals surface area contributed by atoms with Crippen molar-refractivity contribution in [3.8, 4) is 0 Å². The lowest BCUT2D eigenvalue weighted by Gasteiger charge is -2.29. The molecular formula is C29H38FNO. The van der Waals surface area contributed by atoms with Crippen molar-refractivity contribution >= 4 is 5.91 Å². The highest BCUT2D eigenvalue weighted by atomic mass is 19.1. The summed E-state index contributed by atoms with van der Waals surface area (Å²) in [5, 5.41) is 2.76. The minimum Gasteiger partial charge on any atom is -0.353 e. The molecule has 0 atom stereocenters. The monoisotopic (exact) mass is 435 g/mol. The quantitative estimate of drug-likeness (QED) is 0.293. The van der Waals surface area contributed by atoms with Crippen LogP contribution in [0.4, 0.5) is 4.39 Å². The largest absolute Gasteiger partial charge is 0.353 e. The van der Waals surface area contributed by atoms with Gasteiger partial charge in [-0.1, -0.05) is 62.7 Å². The molecule has 3 heteroatoms. The smallest absolute Gasteiger partial charge is 0.243 e. The van der Waals surface area contributed by atoms with Gasteiger partial charge in [-0.05, 0) is 97.6 Å². The highest BCUT2D eigenvalue weighted by Gasteiger charge is 2.25. The van der Waals surface area contributed by atoms with E-state index in [9.17, 15) is 9.18 Å². The second kappa shape index (κ2) is 12.6. The Morgan fingerprint density at radius 2 is 1.62 bits per heavy atom. The van der Waals surface area contributed by atoms with Gasteiger partial charge in [0.1, 0.15) is 5.82 Å². The zero-order valence-corrected chi connectivity index (χ0v) is 19.5. The standard InChI is InChI=1S/C29H38FNO/c1-3-5-6-8-22-10-13-24(14-11-22)25-15-17-26(18-16-25)27-19-12-23(21-28(27)30)9-7-20-31-29(32)4-2/h4,10-14,19,21,25-26H,2-3,5-9,15-18,20H2,1H3,(H,31,32). The summed E-state index contributed by atoms with van der Waals surface area (Å²) in [5.74, 6) is 0.687. The number of aryl methyl sites for hydroxylation is 2. The predicted molar refractivity (Wildman–Crippen MR) is 132 cm³/mol. The van der Waals surface area contributed by atoms with Crippen molar-refractivity contribution in [2.24, 2.45) is 0 Å². The molecular weight excluding hydrogens is 397 g/mol. The molecule has 2 nitrogen and oxygen atoms in total. The van der Waals surface area contributed by atoms with Crippen LogP contribution < -0.4 is 5.32 Å². The average Bonchev–Trinajstić information content (AvgIpc) is 2.82. The number of hydrogen-bond donors (Lipinski definition) is 1. The Morgan fingerprint density at radius 1 is 0.969 bits per heavy atom. The van der Waals surface area contributed by atoms with Crippen LogP contribution >= 0.6 is 0 Å². The third-order valence-electron chi connectivity index (χ3n) is 6.88. The van der Waals surface area contributed by atoms with Gasteiger partial charge in [-0.15, -0.1) is 0 Å². The minimum absolute atomic E-state index is 0.0718. The molecule has 1 fully saturated rings. The number of halogens is 1. The van der Waals surface area contributed by atoms with Gasteiger partial charge in [-0.2, -0.15) is 0 Å². The molecule has 1 aliphatic carbocycles. The van der Waals surface area contributed by atoms with E-state index >= 15 is 0 Å². The first kappa shape index (κ1) is 24.2. The van der Waals surface area contributed by atoms with Crippen LogP contribution in [0.3, 0.4) is 0 Å². The maximum absolute atomic E-state index is 14.8. The van der Waals surface area contributed by atoms with Gasteiger partial charge in [0.25, 0.3) is 0 Å². The average molecular weight is 436 g/mol. The van der Waals surface area contributed by atoms with Gasteiger partial charge < -0.3 is 5.32 Å². The Labute approximate surface area is 193 Å². The lowest BCUT2D eigenvalue weighted by molar-refractivity contribution is -0.116. The van der Waals surface area contributed by atoms with E-state index in [1.807, 2.05) is 6.07 Å². The third kappa shape index (κ3) is 7.05. The molecule has 0 bridgehead atoms. The number of benzene rings is 2. The summed E-state index contributed by atoms with van der Waals surface area (Å²) in [5.41, 5.74) is 4.76. The summed E-state index contributed by atoms with van der Waals surface area (Å²) >= 11 is 0. The lowest BCUT2D eigenvalue weighted by atomic mass is 9.76. The Bertz CT molecular complexity index is 865. The molecule has 3 rings (SSSR count). The molecule has 0 radical (unpaired) electrons. The molecule has 0 unspecified atom stereocenters. The van der Waals surface area contributed by atoms with E-state index in [2.05, 4.69) is 49.2 Å². The minimum atomic E-state index is -0.162. The Kier molecular flexibility index (Phi) is 9.52. The van der Waals surface area contributed by atoms with E-state index in [4.69, 9.17) is 0 Å². The van der Waals surface area contributed by atoms with Gasteiger partial charge in [0.15, 0.2) is 0 Å². The van der Waals surface area contributed by atoms with Crippen molar-refractivity contribution < 1.29 is 9.18 Å². The zero-order valence-electron chi connectivity index (χ0n) is 19.5. The fourth-order valence-electron chi connectivity index (χ4n) is 4.91. The number of hydrogen-bond acceptors (Lipinski definition) is 1. The maximum Gasteiger partial charge on any atom is 0.243 e. The molecule has 2 aromatic carbocycles. The summed E-state index contributed by atoms with van der Waals surface area (Å²) < 4.78 is 14.8. The predicted octanol–water partition coefficient (Wildman–Crippen LogP) is 7.23. The highest BCUT2D eigenvalue weighted by molar-refractivity contribution is 5.86. The molecule has 1 amide bonds. The highest BCUT2D eigenvalue weighted by Crippen LogP contribution is 2.41. The molecule has 2 aromatic rings. The van der Waals surface area contributed by atoms with Crippen LogP contribution in [0.5, 0.6) is 0 Å². The van der Waals surface area contributed by atoms with Crippen LogP contribution in [0.2, 0.25) is 0 Å². The second-order valence-electron chi connectivity index (χ2n) is 9.20. The van der Waals surface area contributed by atoms with Crippen LogP contribution in [0.1, 0.15) is 92.4 Å². The van der Waals surface area contributed by atoms with Crippen LogP contribution in [0.15, 0.2) is 55.1 Å². The van der Waals surface area contributed by atoms with Gasteiger partial charge in [-0.3, -0.25) is 4.79 Å². The molecule has 1 saturated carbocycles. The van der Waals surface area contributed by atoms with E-state index in [1.54, 1.807) is 6.07 Å². The Morgan fingerprint density at radius 3 is 2.28 bits per heavy atom. The number of rotatable bonds is 11. The Hall–Kier alpha value is -2.42. The second-order valence-corrected chi connectivity index (χ2v) is 9.20. The molecule has 172 valence electrons. The summed E-state index contributed by atoms with van der Waals surface area (Å²) in [4.78, 5) is 11.2. The number of carbonyl (C=O) groups excluding carboxylic acids is 1. The van der Waals surface area contributed by atoms with Crippen LogP contribution in [-0.2, 0) is 17.6 Å². The number of unbranched alkanes of at least 4 members (excludes halogenated alkanes) is 2. The first-order chi connectivity index (χ1) is 15.6. The van der Waals surface area contributed by atoms with Gasteiger partial charge in [0, 0.05) is 6.54 Å². The van der Waals surface area contributed by atoms with Crippen LogP contribution in [-0.4, -0.2) is 12.5 Å². The maximum atomic E-state index is 14.8. The number of carbonyl (C=O) groups is 1. The van der Waals surface area contributed by atoms with E-state index in [0.717, 1.165) is 49.7 Å². The topological polar surface area (TPSA) is 29.1 Å². The van der Waals surface area contributed by atoms with Crippen LogP contribution in [0, 0.1) is 5.82 Å². The van der Waals surface area contributed by atoms with E-state index in [-0.39, 0.29) is 11.7 Å². The van der Waals surface area contributed by atoms with Gasteiger partial charge in [0.2, 0.25) is 5.91 Å². The summed E-state index contributed by atoms with van der Waals surface area (Å²) in [6.07, 6.45) is 12.2. The molecule has 1 aliphatic rings. The fourth-order valence-corrected chi connectivity index (χ4v) is 4.91.